The van der Waals surface area contributed by atoms with Crippen LogP contribution in [0.1, 0.15) is 5.56 Å². The van der Waals surface area contributed by atoms with Crippen molar-refractivity contribution in [3.05, 3.63) is 78.5 Å². The molecule has 158 valence electrons. The standard InChI is InChI=1S/C22H22N6O2S/c1-16-9-10-20(24-15-16)26-22-12-11-21(27-28-22)23-13-14-25-31(29,30)19-8-4-6-17-5-2-3-7-18(17)19/h2-12,15,25H,13-14H2,1H3,(H,23,27)(H,24,26,28). The number of benzene rings is 2. The topological polar surface area (TPSA) is 109 Å². The third-order valence-corrected chi connectivity index (χ3v) is 6.11. The molecule has 9 heteroatoms. The summed E-state index contributed by atoms with van der Waals surface area (Å²) in [6.07, 6.45) is 1.77. The van der Waals surface area contributed by atoms with Crippen LogP contribution in [0, 0.1) is 6.92 Å². The lowest BCUT2D eigenvalue weighted by Crippen LogP contribution is -2.29. The van der Waals surface area contributed by atoms with E-state index in [9.17, 15) is 8.42 Å². The Morgan fingerprint density at radius 1 is 0.806 bits per heavy atom. The van der Waals surface area contributed by atoms with Crippen molar-refractivity contribution in [1.29, 1.82) is 0 Å². The van der Waals surface area contributed by atoms with Crippen LogP contribution in [-0.4, -0.2) is 36.7 Å². The van der Waals surface area contributed by atoms with E-state index in [1.807, 2.05) is 43.3 Å². The van der Waals surface area contributed by atoms with Crippen LogP contribution in [0.15, 0.2) is 77.8 Å². The van der Waals surface area contributed by atoms with E-state index in [0.717, 1.165) is 10.9 Å². The lowest BCUT2D eigenvalue weighted by atomic mass is 10.1. The first kappa shape index (κ1) is 20.7. The highest BCUT2D eigenvalue weighted by Crippen LogP contribution is 2.22. The van der Waals surface area contributed by atoms with Crippen molar-refractivity contribution in [3.8, 4) is 0 Å². The minimum absolute atomic E-state index is 0.209. The van der Waals surface area contributed by atoms with Gasteiger partial charge in [-0.15, -0.1) is 10.2 Å². The smallest absolute Gasteiger partial charge is 0.241 e. The molecule has 0 aliphatic rings. The molecule has 4 rings (SSSR count). The van der Waals surface area contributed by atoms with Gasteiger partial charge in [-0.25, -0.2) is 18.1 Å². The van der Waals surface area contributed by atoms with Crippen LogP contribution in [0.2, 0.25) is 0 Å². The second-order valence-corrected chi connectivity index (χ2v) is 8.69. The Kier molecular flexibility index (Phi) is 6.06. The van der Waals surface area contributed by atoms with E-state index in [1.54, 1.807) is 36.5 Å². The van der Waals surface area contributed by atoms with Crippen molar-refractivity contribution in [2.75, 3.05) is 23.7 Å². The van der Waals surface area contributed by atoms with E-state index >= 15 is 0 Å². The minimum Gasteiger partial charge on any atom is -0.367 e. The van der Waals surface area contributed by atoms with Crippen LogP contribution < -0.4 is 15.4 Å². The van der Waals surface area contributed by atoms with Crippen molar-refractivity contribution in [3.63, 3.8) is 0 Å². The second-order valence-electron chi connectivity index (χ2n) is 6.95. The number of fused-ring (bicyclic) bond motifs is 1. The zero-order chi connectivity index (χ0) is 21.7. The monoisotopic (exact) mass is 434 g/mol. The lowest BCUT2D eigenvalue weighted by molar-refractivity contribution is 0.584. The molecule has 4 aromatic rings. The van der Waals surface area contributed by atoms with Gasteiger partial charge >= 0.3 is 0 Å². The highest BCUT2D eigenvalue weighted by atomic mass is 32.2. The highest BCUT2D eigenvalue weighted by molar-refractivity contribution is 7.89. The number of nitrogens with zero attached hydrogens (tertiary/aromatic N) is 3. The summed E-state index contributed by atoms with van der Waals surface area (Å²) in [5.41, 5.74) is 1.08. The van der Waals surface area contributed by atoms with Crippen molar-refractivity contribution < 1.29 is 8.42 Å². The van der Waals surface area contributed by atoms with Gasteiger partial charge in [0.1, 0.15) is 11.6 Å². The van der Waals surface area contributed by atoms with Gasteiger partial charge in [0.2, 0.25) is 10.0 Å². The molecule has 2 aromatic carbocycles. The van der Waals surface area contributed by atoms with Crippen LogP contribution in [0.25, 0.3) is 10.8 Å². The van der Waals surface area contributed by atoms with Gasteiger partial charge in [-0.05, 0) is 42.1 Å². The van der Waals surface area contributed by atoms with Gasteiger partial charge in [-0.3, -0.25) is 0 Å². The SMILES string of the molecule is Cc1ccc(Nc2ccc(NCCNS(=O)(=O)c3cccc4ccccc34)nn2)nc1. The normalized spacial score (nSPS) is 11.4. The Morgan fingerprint density at radius 2 is 1.55 bits per heavy atom. The molecule has 8 nitrogen and oxygen atoms in total. The fourth-order valence-corrected chi connectivity index (χ4v) is 4.31. The van der Waals surface area contributed by atoms with Crippen molar-refractivity contribution in [2.45, 2.75) is 11.8 Å². The molecule has 2 aromatic heterocycles. The number of nitrogens with one attached hydrogen (secondary N) is 3. The molecule has 0 amide bonds. The average Bonchev–Trinajstić information content (AvgIpc) is 2.79. The van der Waals surface area contributed by atoms with Gasteiger partial charge in [0.25, 0.3) is 0 Å². The Bertz CT molecular complexity index is 1270. The van der Waals surface area contributed by atoms with Crippen LogP contribution in [0.5, 0.6) is 0 Å². The molecule has 0 unspecified atom stereocenters. The average molecular weight is 435 g/mol. The summed E-state index contributed by atoms with van der Waals surface area (Å²) >= 11 is 0. The number of aromatic nitrogens is 3. The largest absolute Gasteiger partial charge is 0.367 e. The van der Waals surface area contributed by atoms with Crippen LogP contribution in [0.3, 0.4) is 0 Å². The Labute approximate surface area is 180 Å². The first-order valence-electron chi connectivity index (χ1n) is 9.76. The number of sulfonamides is 1. The fourth-order valence-electron chi connectivity index (χ4n) is 3.05. The van der Waals surface area contributed by atoms with Crippen LogP contribution in [-0.2, 0) is 10.0 Å². The summed E-state index contributed by atoms with van der Waals surface area (Å²) in [7, 11) is -3.63. The second kappa shape index (κ2) is 9.07. The zero-order valence-corrected chi connectivity index (χ0v) is 17.7. The molecule has 0 aliphatic carbocycles. The predicted octanol–water partition coefficient (Wildman–Crippen LogP) is 3.47. The molecule has 31 heavy (non-hydrogen) atoms. The number of pyridine rings is 1. The number of aryl methyl sites for hydroxylation is 1. The summed E-state index contributed by atoms with van der Waals surface area (Å²) in [5, 5.41) is 15.9. The van der Waals surface area contributed by atoms with E-state index in [1.165, 1.54) is 0 Å². The van der Waals surface area contributed by atoms with Crippen molar-refractivity contribution in [2.24, 2.45) is 0 Å². The van der Waals surface area contributed by atoms with Crippen LogP contribution in [0.4, 0.5) is 17.5 Å². The van der Waals surface area contributed by atoms with Gasteiger partial charge in [0, 0.05) is 24.7 Å². The summed E-state index contributed by atoms with van der Waals surface area (Å²) in [6.45, 7) is 2.55. The van der Waals surface area contributed by atoms with E-state index in [2.05, 4.69) is 30.5 Å². The molecule has 0 spiro atoms. The summed E-state index contributed by atoms with van der Waals surface area (Å²) in [6, 6.07) is 20.0. The zero-order valence-electron chi connectivity index (χ0n) is 16.9. The Hall–Kier alpha value is -3.56. The van der Waals surface area contributed by atoms with E-state index in [0.29, 0.717) is 29.4 Å². The molecule has 0 atom stereocenters. The molecule has 3 N–H and O–H groups in total. The van der Waals surface area contributed by atoms with Gasteiger partial charge in [0.15, 0.2) is 5.82 Å². The molecule has 0 saturated heterocycles. The van der Waals surface area contributed by atoms with E-state index in [4.69, 9.17) is 0 Å². The number of anilines is 3. The van der Waals surface area contributed by atoms with Gasteiger partial charge < -0.3 is 10.6 Å². The third-order valence-electron chi connectivity index (χ3n) is 4.59. The minimum atomic E-state index is -3.63. The molecular weight excluding hydrogens is 412 g/mol. The maximum absolute atomic E-state index is 12.7. The predicted molar refractivity (Wildman–Crippen MR) is 122 cm³/mol. The fraction of sp³-hybridized carbons (Fsp3) is 0.136. The Balaban J connectivity index is 1.31. The maximum Gasteiger partial charge on any atom is 0.241 e. The lowest BCUT2D eigenvalue weighted by Gasteiger charge is -2.10. The van der Waals surface area contributed by atoms with Crippen molar-refractivity contribution in [1.82, 2.24) is 19.9 Å². The third kappa shape index (κ3) is 5.14. The Morgan fingerprint density at radius 3 is 2.32 bits per heavy atom. The number of hydrogen-bond acceptors (Lipinski definition) is 7. The molecule has 0 aliphatic heterocycles. The quantitative estimate of drug-likeness (QED) is 0.364. The summed E-state index contributed by atoms with van der Waals surface area (Å²) in [4.78, 5) is 4.53. The number of rotatable bonds is 8. The molecule has 0 saturated carbocycles. The molecule has 2 heterocycles. The van der Waals surface area contributed by atoms with Crippen LogP contribution >= 0.6 is 0 Å². The van der Waals surface area contributed by atoms with Crippen molar-refractivity contribution >= 4 is 38.2 Å². The first-order valence-corrected chi connectivity index (χ1v) is 11.2. The summed E-state index contributed by atoms with van der Waals surface area (Å²) < 4.78 is 28.1. The van der Waals surface area contributed by atoms with Gasteiger partial charge in [0.05, 0.1) is 4.90 Å². The molecule has 0 radical (unpaired) electrons. The highest BCUT2D eigenvalue weighted by Gasteiger charge is 2.16. The molecule has 0 fully saturated rings. The van der Waals surface area contributed by atoms with Gasteiger partial charge in [-0.2, -0.15) is 0 Å². The van der Waals surface area contributed by atoms with E-state index in [-0.39, 0.29) is 11.4 Å². The van der Waals surface area contributed by atoms with E-state index < -0.39 is 10.0 Å². The van der Waals surface area contributed by atoms with Gasteiger partial charge in [-0.1, -0.05) is 42.5 Å². The molecule has 0 bridgehead atoms. The first-order chi connectivity index (χ1) is 15.0. The number of hydrogen-bond donors (Lipinski definition) is 3. The maximum atomic E-state index is 12.7. The molecular formula is C22H22N6O2S. The summed E-state index contributed by atoms with van der Waals surface area (Å²) in [5.74, 6) is 1.80.